The van der Waals surface area contributed by atoms with Gasteiger partial charge in [0, 0.05) is 12.5 Å². The van der Waals surface area contributed by atoms with Gasteiger partial charge in [-0.05, 0) is 11.8 Å². The number of rotatable bonds is 4. The van der Waals surface area contributed by atoms with Crippen molar-refractivity contribution in [3.8, 4) is 0 Å². The van der Waals surface area contributed by atoms with E-state index in [2.05, 4.69) is 20.8 Å². The average molecular weight is 172 g/mol. The molecule has 12 heavy (non-hydrogen) atoms. The quantitative estimate of drug-likeness (QED) is 0.604. The molecule has 1 saturated heterocycles. The minimum absolute atomic E-state index is 0.399. The van der Waals surface area contributed by atoms with Crippen LogP contribution in [0.15, 0.2) is 0 Å². The van der Waals surface area contributed by atoms with Gasteiger partial charge >= 0.3 is 0 Å². The number of hydrogen-bond acceptors (Lipinski definition) is 2. The first kappa shape index (κ1) is 10.0. The minimum atomic E-state index is 0.399. The van der Waals surface area contributed by atoms with Crippen molar-refractivity contribution in [2.45, 2.75) is 27.2 Å². The predicted molar refractivity (Wildman–Crippen MR) is 49.2 cm³/mol. The van der Waals surface area contributed by atoms with Gasteiger partial charge in [0.25, 0.3) is 0 Å². The second-order valence-corrected chi connectivity index (χ2v) is 4.79. The maximum absolute atomic E-state index is 5.53. The zero-order chi connectivity index (χ0) is 9.03. The highest BCUT2D eigenvalue weighted by Gasteiger charge is 2.18. The van der Waals surface area contributed by atoms with E-state index in [4.69, 9.17) is 9.47 Å². The molecule has 0 unspecified atom stereocenters. The van der Waals surface area contributed by atoms with Crippen LogP contribution in [0.5, 0.6) is 0 Å². The van der Waals surface area contributed by atoms with Crippen LogP contribution >= 0.6 is 0 Å². The highest BCUT2D eigenvalue weighted by molar-refractivity contribution is 4.65. The van der Waals surface area contributed by atoms with Crippen molar-refractivity contribution in [2.75, 3.05) is 26.4 Å². The summed E-state index contributed by atoms with van der Waals surface area (Å²) in [6, 6.07) is 0. The molecule has 0 bridgehead atoms. The molecule has 1 heterocycles. The summed E-state index contributed by atoms with van der Waals surface area (Å²) in [6.07, 6.45) is 1.14. The van der Waals surface area contributed by atoms with Crippen LogP contribution in [0.2, 0.25) is 0 Å². The molecular formula is C10H20O2. The van der Waals surface area contributed by atoms with Gasteiger partial charge < -0.3 is 9.47 Å². The lowest BCUT2D eigenvalue weighted by molar-refractivity contribution is -0.0735. The third kappa shape index (κ3) is 4.07. The first-order valence-corrected chi connectivity index (χ1v) is 4.73. The molecule has 0 saturated carbocycles. The van der Waals surface area contributed by atoms with Crippen LogP contribution in [0.4, 0.5) is 0 Å². The van der Waals surface area contributed by atoms with Crippen LogP contribution in [0.3, 0.4) is 0 Å². The SMILES string of the molecule is CC(C)(C)CCOCC1COC1. The molecule has 1 aliphatic heterocycles. The van der Waals surface area contributed by atoms with Crippen molar-refractivity contribution >= 4 is 0 Å². The zero-order valence-electron chi connectivity index (χ0n) is 8.43. The molecule has 0 spiro atoms. The molecule has 0 aromatic carbocycles. The highest BCUT2D eigenvalue weighted by Crippen LogP contribution is 2.18. The van der Waals surface area contributed by atoms with E-state index in [9.17, 15) is 0 Å². The molecule has 72 valence electrons. The van der Waals surface area contributed by atoms with E-state index < -0.39 is 0 Å². The van der Waals surface area contributed by atoms with Gasteiger partial charge in [-0.25, -0.2) is 0 Å². The van der Waals surface area contributed by atoms with E-state index in [1.807, 2.05) is 0 Å². The van der Waals surface area contributed by atoms with Crippen molar-refractivity contribution in [3.63, 3.8) is 0 Å². The van der Waals surface area contributed by atoms with Gasteiger partial charge in [-0.2, -0.15) is 0 Å². The van der Waals surface area contributed by atoms with E-state index in [-0.39, 0.29) is 0 Å². The van der Waals surface area contributed by atoms with Crippen LogP contribution in [0, 0.1) is 11.3 Å². The van der Waals surface area contributed by atoms with Crippen LogP contribution < -0.4 is 0 Å². The summed E-state index contributed by atoms with van der Waals surface area (Å²) in [4.78, 5) is 0. The topological polar surface area (TPSA) is 18.5 Å². The van der Waals surface area contributed by atoms with E-state index in [1.165, 1.54) is 0 Å². The summed E-state index contributed by atoms with van der Waals surface area (Å²) < 4.78 is 10.6. The van der Waals surface area contributed by atoms with Gasteiger partial charge in [-0.1, -0.05) is 20.8 Å². The maximum Gasteiger partial charge on any atom is 0.0538 e. The Bertz CT molecular complexity index is 122. The van der Waals surface area contributed by atoms with Gasteiger partial charge in [-0.15, -0.1) is 0 Å². The fraction of sp³-hybridized carbons (Fsp3) is 1.00. The Morgan fingerprint density at radius 2 is 2.00 bits per heavy atom. The number of hydrogen-bond donors (Lipinski definition) is 0. The summed E-state index contributed by atoms with van der Waals surface area (Å²) in [6.45, 7) is 10.3. The van der Waals surface area contributed by atoms with E-state index in [0.29, 0.717) is 11.3 Å². The zero-order valence-corrected chi connectivity index (χ0v) is 8.43. The molecule has 0 amide bonds. The molecule has 0 N–H and O–H groups in total. The van der Waals surface area contributed by atoms with E-state index in [0.717, 1.165) is 32.8 Å². The molecule has 1 aliphatic rings. The Morgan fingerprint density at radius 3 is 2.42 bits per heavy atom. The molecule has 0 aliphatic carbocycles. The Hall–Kier alpha value is -0.0800. The normalized spacial score (nSPS) is 19.2. The van der Waals surface area contributed by atoms with Gasteiger partial charge in [0.1, 0.15) is 0 Å². The Balaban J connectivity index is 1.88. The molecule has 0 aromatic rings. The Kier molecular flexibility index (Phi) is 3.53. The van der Waals surface area contributed by atoms with Crippen molar-refractivity contribution < 1.29 is 9.47 Å². The second kappa shape index (κ2) is 4.24. The molecular weight excluding hydrogens is 152 g/mol. The summed E-state index contributed by atoms with van der Waals surface area (Å²) >= 11 is 0. The van der Waals surface area contributed by atoms with Crippen LogP contribution in [0.25, 0.3) is 0 Å². The summed E-state index contributed by atoms with van der Waals surface area (Å²) in [5.74, 6) is 0.671. The maximum atomic E-state index is 5.53. The van der Waals surface area contributed by atoms with Gasteiger partial charge in [0.05, 0.1) is 19.8 Å². The average Bonchev–Trinajstić information content (AvgIpc) is 1.80. The number of ether oxygens (including phenoxy) is 2. The molecule has 0 atom stereocenters. The van der Waals surface area contributed by atoms with Crippen molar-refractivity contribution in [1.82, 2.24) is 0 Å². The Labute approximate surface area is 75.2 Å². The predicted octanol–water partition coefficient (Wildman–Crippen LogP) is 2.09. The minimum Gasteiger partial charge on any atom is -0.381 e. The molecule has 1 rings (SSSR count). The molecule has 2 heteroatoms. The molecule has 2 nitrogen and oxygen atoms in total. The van der Waals surface area contributed by atoms with Crippen molar-refractivity contribution in [2.24, 2.45) is 11.3 Å². The lowest BCUT2D eigenvalue weighted by atomic mass is 9.93. The largest absolute Gasteiger partial charge is 0.381 e. The highest BCUT2D eigenvalue weighted by atomic mass is 16.5. The third-order valence-electron chi connectivity index (χ3n) is 2.06. The van der Waals surface area contributed by atoms with Gasteiger partial charge in [-0.3, -0.25) is 0 Å². The van der Waals surface area contributed by atoms with Crippen molar-refractivity contribution in [1.29, 1.82) is 0 Å². The molecule has 0 radical (unpaired) electrons. The van der Waals surface area contributed by atoms with Crippen LogP contribution in [0.1, 0.15) is 27.2 Å². The summed E-state index contributed by atoms with van der Waals surface area (Å²) in [5.41, 5.74) is 0.399. The first-order chi connectivity index (χ1) is 5.58. The summed E-state index contributed by atoms with van der Waals surface area (Å²) in [5, 5.41) is 0. The van der Waals surface area contributed by atoms with Crippen LogP contribution in [-0.2, 0) is 9.47 Å². The third-order valence-corrected chi connectivity index (χ3v) is 2.06. The summed E-state index contributed by atoms with van der Waals surface area (Å²) in [7, 11) is 0. The molecule has 0 aromatic heterocycles. The van der Waals surface area contributed by atoms with Crippen LogP contribution in [-0.4, -0.2) is 26.4 Å². The van der Waals surface area contributed by atoms with E-state index >= 15 is 0 Å². The van der Waals surface area contributed by atoms with Gasteiger partial charge in [0.2, 0.25) is 0 Å². The second-order valence-electron chi connectivity index (χ2n) is 4.79. The van der Waals surface area contributed by atoms with Gasteiger partial charge in [0.15, 0.2) is 0 Å². The Morgan fingerprint density at radius 1 is 1.33 bits per heavy atom. The lowest BCUT2D eigenvalue weighted by Crippen LogP contribution is -2.31. The monoisotopic (exact) mass is 172 g/mol. The molecule has 1 fully saturated rings. The standard InChI is InChI=1S/C10H20O2/c1-10(2,3)4-5-11-6-9-7-12-8-9/h9H,4-8H2,1-3H3. The first-order valence-electron chi connectivity index (χ1n) is 4.73. The fourth-order valence-electron chi connectivity index (χ4n) is 1.01. The van der Waals surface area contributed by atoms with Crippen molar-refractivity contribution in [3.05, 3.63) is 0 Å². The smallest absolute Gasteiger partial charge is 0.0538 e. The fourth-order valence-corrected chi connectivity index (χ4v) is 1.01. The lowest BCUT2D eigenvalue weighted by Gasteiger charge is -2.26. The van der Waals surface area contributed by atoms with E-state index in [1.54, 1.807) is 0 Å².